The van der Waals surface area contributed by atoms with E-state index in [9.17, 15) is 9.59 Å². The molecule has 1 aliphatic heterocycles. The van der Waals surface area contributed by atoms with Gasteiger partial charge in [-0.3, -0.25) is 9.59 Å². The molecule has 2 N–H and O–H groups in total. The van der Waals surface area contributed by atoms with E-state index < -0.39 is 0 Å². The fraction of sp³-hybridized carbons (Fsp3) is 0.316. The number of amides is 2. The number of benzene rings is 1. The van der Waals surface area contributed by atoms with E-state index in [4.69, 9.17) is 4.74 Å². The molecule has 27 heavy (non-hydrogen) atoms. The molecule has 0 aliphatic carbocycles. The summed E-state index contributed by atoms with van der Waals surface area (Å²) in [4.78, 5) is 30.8. The Hall–Kier alpha value is -2.74. The smallest absolute Gasteiger partial charge is 0.252 e. The van der Waals surface area contributed by atoms with Crippen molar-refractivity contribution in [2.45, 2.75) is 6.54 Å². The molecule has 0 atom stereocenters. The normalized spacial score (nSPS) is 13.0. The Labute approximate surface area is 162 Å². The highest BCUT2D eigenvalue weighted by atomic mass is 32.2. The SMILES string of the molecule is COc1ccc(CN2C(=O)CNc3ncc(C(=O)NCCSC)cc32)cc1. The van der Waals surface area contributed by atoms with Crippen molar-refractivity contribution in [1.29, 1.82) is 0 Å². The monoisotopic (exact) mass is 386 g/mol. The van der Waals surface area contributed by atoms with E-state index in [2.05, 4.69) is 15.6 Å². The quantitative estimate of drug-likeness (QED) is 0.710. The molecule has 142 valence electrons. The van der Waals surface area contributed by atoms with Gasteiger partial charge in [0.2, 0.25) is 5.91 Å². The summed E-state index contributed by atoms with van der Waals surface area (Å²) in [7, 11) is 1.61. The number of methoxy groups -OCH3 is 1. The molecule has 2 aromatic rings. The number of thioether (sulfide) groups is 1. The number of ether oxygens (including phenoxy) is 1. The van der Waals surface area contributed by atoms with Gasteiger partial charge in [-0.15, -0.1) is 0 Å². The molecular weight excluding hydrogens is 364 g/mol. The van der Waals surface area contributed by atoms with Crippen LogP contribution in [0.2, 0.25) is 0 Å². The lowest BCUT2D eigenvalue weighted by Gasteiger charge is -2.29. The van der Waals surface area contributed by atoms with Crippen LogP contribution in [0.15, 0.2) is 36.5 Å². The maximum atomic E-state index is 12.5. The van der Waals surface area contributed by atoms with Crippen molar-refractivity contribution in [1.82, 2.24) is 10.3 Å². The van der Waals surface area contributed by atoms with Crippen molar-refractivity contribution in [3.05, 3.63) is 47.7 Å². The predicted octanol–water partition coefficient (Wildman–Crippen LogP) is 2.14. The van der Waals surface area contributed by atoms with Crippen LogP contribution < -0.4 is 20.3 Å². The Balaban J connectivity index is 1.82. The van der Waals surface area contributed by atoms with Gasteiger partial charge in [0.1, 0.15) is 5.75 Å². The molecule has 1 aromatic carbocycles. The third kappa shape index (κ3) is 4.51. The van der Waals surface area contributed by atoms with Gasteiger partial charge in [-0.25, -0.2) is 4.98 Å². The van der Waals surface area contributed by atoms with Crippen molar-refractivity contribution in [2.75, 3.05) is 42.4 Å². The van der Waals surface area contributed by atoms with Gasteiger partial charge in [-0.1, -0.05) is 12.1 Å². The first kappa shape index (κ1) is 19.0. The average Bonchev–Trinajstić information content (AvgIpc) is 2.70. The van der Waals surface area contributed by atoms with Crippen LogP contribution in [0.4, 0.5) is 11.5 Å². The maximum absolute atomic E-state index is 12.5. The molecule has 0 radical (unpaired) electrons. The topological polar surface area (TPSA) is 83.6 Å². The van der Waals surface area contributed by atoms with Crippen LogP contribution in [0.3, 0.4) is 0 Å². The summed E-state index contributed by atoms with van der Waals surface area (Å²) in [5, 5.41) is 5.87. The summed E-state index contributed by atoms with van der Waals surface area (Å²) in [6, 6.07) is 9.26. The number of carbonyl (C=O) groups excluding carboxylic acids is 2. The van der Waals surface area contributed by atoms with Gasteiger partial charge in [0, 0.05) is 18.5 Å². The van der Waals surface area contributed by atoms with E-state index >= 15 is 0 Å². The first-order valence-electron chi connectivity index (χ1n) is 8.56. The van der Waals surface area contributed by atoms with E-state index in [1.54, 1.807) is 29.8 Å². The van der Waals surface area contributed by atoms with Crippen LogP contribution in [-0.2, 0) is 11.3 Å². The van der Waals surface area contributed by atoms with Crippen LogP contribution in [0.5, 0.6) is 5.75 Å². The number of rotatable bonds is 7. The zero-order valence-corrected chi connectivity index (χ0v) is 16.1. The molecule has 8 heteroatoms. The highest BCUT2D eigenvalue weighted by Crippen LogP contribution is 2.30. The number of anilines is 2. The van der Waals surface area contributed by atoms with Gasteiger partial charge in [-0.05, 0) is 30.0 Å². The van der Waals surface area contributed by atoms with Crippen molar-refractivity contribution < 1.29 is 14.3 Å². The van der Waals surface area contributed by atoms with Crippen molar-refractivity contribution in [2.24, 2.45) is 0 Å². The lowest BCUT2D eigenvalue weighted by atomic mass is 10.1. The lowest BCUT2D eigenvalue weighted by Crippen LogP contribution is -2.40. The minimum Gasteiger partial charge on any atom is -0.497 e. The average molecular weight is 386 g/mol. The zero-order valence-electron chi connectivity index (χ0n) is 15.3. The van der Waals surface area contributed by atoms with Gasteiger partial charge < -0.3 is 20.3 Å². The zero-order chi connectivity index (χ0) is 19.2. The largest absolute Gasteiger partial charge is 0.497 e. The fourth-order valence-electron chi connectivity index (χ4n) is 2.76. The molecule has 0 saturated heterocycles. The molecule has 1 aliphatic rings. The maximum Gasteiger partial charge on any atom is 0.252 e. The second-order valence-electron chi connectivity index (χ2n) is 6.02. The fourth-order valence-corrected chi connectivity index (χ4v) is 3.07. The highest BCUT2D eigenvalue weighted by molar-refractivity contribution is 7.98. The van der Waals surface area contributed by atoms with Crippen LogP contribution >= 0.6 is 11.8 Å². The van der Waals surface area contributed by atoms with Crippen LogP contribution in [-0.4, -0.2) is 49.0 Å². The number of pyridine rings is 1. The molecule has 3 rings (SSSR count). The van der Waals surface area contributed by atoms with E-state index in [-0.39, 0.29) is 18.4 Å². The summed E-state index contributed by atoms with van der Waals surface area (Å²) in [6.07, 6.45) is 3.52. The van der Waals surface area contributed by atoms with Crippen molar-refractivity contribution in [3.8, 4) is 5.75 Å². The number of aromatic nitrogens is 1. The Morgan fingerprint density at radius 3 is 2.85 bits per heavy atom. The molecule has 2 heterocycles. The van der Waals surface area contributed by atoms with Gasteiger partial charge in [-0.2, -0.15) is 11.8 Å². The minimum atomic E-state index is -0.193. The summed E-state index contributed by atoms with van der Waals surface area (Å²) >= 11 is 1.66. The summed E-state index contributed by atoms with van der Waals surface area (Å²) in [5.74, 6) is 1.94. The van der Waals surface area contributed by atoms with E-state index in [0.717, 1.165) is 17.1 Å². The number of carbonyl (C=O) groups is 2. The second kappa shape index (κ2) is 8.77. The molecule has 2 amide bonds. The van der Waals surface area contributed by atoms with Crippen molar-refractivity contribution in [3.63, 3.8) is 0 Å². The Bertz CT molecular complexity index is 826. The number of nitrogens with one attached hydrogen (secondary N) is 2. The number of nitrogens with zero attached hydrogens (tertiary/aromatic N) is 2. The number of hydrogen-bond donors (Lipinski definition) is 2. The van der Waals surface area contributed by atoms with Gasteiger partial charge in [0.05, 0.1) is 31.5 Å². The minimum absolute atomic E-state index is 0.0694. The second-order valence-corrected chi connectivity index (χ2v) is 7.01. The molecule has 0 fully saturated rings. The Kier molecular flexibility index (Phi) is 6.18. The van der Waals surface area contributed by atoms with E-state index in [1.165, 1.54) is 6.20 Å². The third-order valence-corrected chi connectivity index (χ3v) is 4.83. The van der Waals surface area contributed by atoms with Crippen LogP contribution in [0.1, 0.15) is 15.9 Å². The molecule has 0 unspecified atom stereocenters. The summed E-state index contributed by atoms with van der Waals surface area (Å²) in [5.41, 5.74) is 2.01. The Morgan fingerprint density at radius 2 is 2.15 bits per heavy atom. The third-order valence-electron chi connectivity index (χ3n) is 4.22. The first-order valence-corrected chi connectivity index (χ1v) is 9.96. The number of hydrogen-bond acceptors (Lipinski definition) is 6. The van der Waals surface area contributed by atoms with Crippen LogP contribution in [0.25, 0.3) is 0 Å². The molecular formula is C19H22N4O3S. The highest BCUT2D eigenvalue weighted by Gasteiger charge is 2.26. The van der Waals surface area contributed by atoms with Gasteiger partial charge >= 0.3 is 0 Å². The molecule has 1 aromatic heterocycles. The first-order chi connectivity index (χ1) is 13.1. The van der Waals surface area contributed by atoms with E-state index in [1.807, 2.05) is 30.5 Å². The summed E-state index contributed by atoms with van der Waals surface area (Å²) < 4.78 is 5.17. The molecule has 0 spiro atoms. The summed E-state index contributed by atoms with van der Waals surface area (Å²) in [6.45, 7) is 1.16. The number of fused-ring (bicyclic) bond motifs is 1. The van der Waals surface area contributed by atoms with Crippen molar-refractivity contribution >= 4 is 35.1 Å². The predicted molar refractivity (Wildman–Crippen MR) is 108 cm³/mol. The van der Waals surface area contributed by atoms with Gasteiger partial charge in [0.15, 0.2) is 5.82 Å². The van der Waals surface area contributed by atoms with Crippen LogP contribution in [0, 0.1) is 0 Å². The van der Waals surface area contributed by atoms with E-state index in [0.29, 0.717) is 30.2 Å². The standard InChI is InChI=1S/C19H22N4O3S/c1-26-15-5-3-13(4-6-15)12-23-16-9-14(19(25)20-7-8-27-2)10-21-18(16)22-11-17(23)24/h3-6,9-10H,7-8,11-12H2,1-2H3,(H,20,25)(H,21,22). The molecule has 7 nitrogen and oxygen atoms in total. The molecule has 0 bridgehead atoms. The molecule has 0 saturated carbocycles. The van der Waals surface area contributed by atoms with Gasteiger partial charge in [0.25, 0.3) is 5.91 Å². The lowest BCUT2D eigenvalue weighted by molar-refractivity contribution is -0.117. The Morgan fingerprint density at radius 1 is 1.37 bits per heavy atom.